The van der Waals surface area contributed by atoms with Gasteiger partial charge in [0.2, 0.25) is 0 Å². The average Bonchev–Trinajstić information content (AvgIpc) is 2.98. The van der Waals surface area contributed by atoms with Crippen LogP contribution in [-0.2, 0) is 19.0 Å². The van der Waals surface area contributed by atoms with Crippen molar-refractivity contribution in [1.29, 1.82) is 0 Å². The summed E-state index contributed by atoms with van der Waals surface area (Å²) in [5, 5.41) is 11.2. The summed E-state index contributed by atoms with van der Waals surface area (Å²) < 4.78 is 21.7. The molecule has 0 radical (unpaired) electrons. The monoisotopic (exact) mass is 599 g/mol. The van der Waals surface area contributed by atoms with Gasteiger partial charge in [0, 0.05) is 23.8 Å². The molecule has 0 fully saturated rings. The first-order chi connectivity index (χ1) is 21.1. The quantitative estimate of drug-likeness (QED) is 0.136. The van der Waals surface area contributed by atoms with Crippen molar-refractivity contribution < 1.29 is 28.8 Å². The van der Waals surface area contributed by atoms with Gasteiger partial charge in [0.05, 0.1) is 25.4 Å². The molecule has 9 nitrogen and oxygen atoms in total. The lowest BCUT2D eigenvalue weighted by Gasteiger charge is -2.17. The smallest absolute Gasteiger partial charge is 0.347 e. The van der Waals surface area contributed by atoms with E-state index in [0.717, 1.165) is 33.4 Å². The number of phenolic OH excluding ortho intramolecular Hbond substituents is 1. The Morgan fingerprint density at radius 2 is 1.23 bits per heavy atom. The van der Waals surface area contributed by atoms with Crippen LogP contribution in [0, 0.1) is 34.6 Å². The minimum atomic E-state index is -0.896. The van der Waals surface area contributed by atoms with E-state index in [2.05, 4.69) is 12.1 Å². The molecule has 1 atom stereocenters. The van der Waals surface area contributed by atoms with Gasteiger partial charge in [0.15, 0.2) is 23.6 Å². The van der Waals surface area contributed by atoms with Crippen LogP contribution < -0.4 is 4.74 Å². The molecule has 0 amide bonds. The number of carbonyl (C=O) groups is 1. The number of carbonyl (C=O) groups excluding carboxylic acids is 1. The number of rotatable bonds is 13. The first-order valence-corrected chi connectivity index (χ1v) is 14.8. The fourth-order valence-electron chi connectivity index (χ4n) is 4.77. The van der Waals surface area contributed by atoms with Gasteiger partial charge in [0.1, 0.15) is 18.1 Å². The zero-order valence-corrected chi connectivity index (χ0v) is 26.6. The number of aryl methyl sites for hydroxylation is 5. The molecule has 1 N–H and O–H groups in total. The molecule has 0 bridgehead atoms. The standard InChI is InChI=1S/C35H41N3O6/c1-8-41-13-14-42-15-16-43-35(40)26(7)44-31-20-30(39)29(19-25(31)6)34-37-32(27-11-9-21(2)17-23(27)4)36-33(38-34)28-12-10-22(3)18-24(28)5/h9-12,17-20,26,39H,8,13-16H2,1-7H3. The van der Waals surface area contributed by atoms with Gasteiger partial charge in [-0.05, 0) is 71.2 Å². The molecule has 3 aromatic carbocycles. The number of esters is 1. The largest absolute Gasteiger partial charge is 0.507 e. The number of hydrogen-bond donors (Lipinski definition) is 1. The first kappa shape index (κ1) is 32.6. The van der Waals surface area contributed by atoms with Gasteiger partial charge >= 0.3 is 5.97 Å². The van der Waals surface area contributed by atoms with Crippen LogP contribution in [0.3, 0.4) is 0 Å². The Morgan fingerprint density at radius 3 is 1.77 bits per heavy atom. The lowest BCUT2D eigenvalue weighted by molar-refractivity contribution is -0.152. The van der Waals surface area contributed by atoms with E-state index in [1.165, 1.54) is 6.07 Å². The predicted octanol–water partition coefficient (Wildman–Crippen LogP) is 6.48. The zero-order chi connectivity index (χ0) is 31.8. The molecule has 0 aliphatic carbocycles. The van der Waals surface area contributed by atoms with Crippen molar-refractivity contribution in [1.82, 2.24) is 15.0 Å². The van der Waals surface area contributed by atoms with Crippen LogP contribution in [-0.4, -0.2) is 65.2 Å². The van der Waals surface area contributed by atoms with Crippen LogP contribution in [0.5, 0.6) is 11.5 Å². The molecule has 4 aromatic rings. The number of phenols is 1. The fourth-order valence-corrected chi connectivity index (χ4v) is 4.77. The van der Waals surface area contributed by atoms with E-state index in [-0.39, 0.29) is 19.0 Å². The van der Waals surface area contributed by atoms with Crippen molar-refractivity contribution >= 4 is 5.97 Å². The third kappa shape index (κ3) is 8.18. The predicted molar refractivity (Wildman–Crippen MR) is 170 cm³/mol. The molecule has 1 heterocycles. The minimum Gasteiger partial charge on any atom is -0.507 e. The van der Waals surface area contributed by atoms with Gasteiger partial charge in [-0.15, -0.1) is 0 Å². The normalized spacial score (nSPS) is 11.8. The van der Waals surface area contributed by atoms with Crippen LogP contribution in [0.25, 0.3) is 34.2 Å². The molecule has 0 saturated heterocycles. The van der Waals surface area contributed by atoms with Crippen molar-refractivity contribution in [2.24, 2.45) is 0 Å². The minimum absolute atomic E-state index is 0.0850. The van der Waals surface area contributed by atoms with Crippen LogP contribution in [0.2, 0.25) is 0 Å². The van der Waals surface area contributed by atoms with E-state index in [4.69, 9.17) is 33.9 Å². The third-order valence-electron chi connectivity index (χ3n) is 7.10. The van der Waals surface area contributed by atoms with Gasteiger partial charge < -0.3 is 24.1 Å². The molecule has 0 spiro atoms. The molecule has 44 heavy (non-hydrogen) atoms. The summed E-state index contributed by atoms with van der Waals surface area (Å²) >= 11 is 0. The van der Waals surface area contributed by atoms with E-state index >= 15 is 0 Å². The van der Waals surface area contributed by atoms with Crippen molar-refractivity contribution in [2.75, 3.05) is 33.0 Å². The second kappa shape index (κ2) is 14.9. The van der Waals surface area contributed by atoms with Crippen LogP contribution >= 0.6 is 0 Å². The molecular formula is C35H41N3O6. The second-order valence-corrected chi connectivity index (χ2v) is 10.8. The van der Waals surface area contributed by atoms with Gasteiger partial charge in [-0.25, -0.2) is 19.7 Å². The highest BCUT2D eigenvalue weighted by molar-refractivity contribution is 5.76. The molecule has 0 saturated carbocycles. The zero-order valence-electron chi connectivity index (χ0n) is 26.6. The highest BCUT2D eigenvalue weighted by Crippen LogP contribution is 2.36. The highest BCUT2D eigenvalue weighted by atomic mass is 16.6. The van der Waals surface area contributed by atoms with Gasteiger partial charge in [-0.3, -0.25) is 0 Å². The Morgan fingerprint density at radius 1 is 0.705 bits per heavy atom. The summed E-state index contributed by atoms with van der Waals surface area (Å²) in [6, 6.07) is 15.5. The third-order valence-corrected chi connectivity index (χ3v) is 7.10. The van der Waals surface area contributed by atoms with Crippen LogP contribution in [0.4, 0.5) is 0 Å². The van der Waals surface area contributed by atoms with Gasteiger partial charge in [-0.1, -0.05) is 47.5 Å². The summed E-state index contributed by atoms with van der Waals surface area (Å²) in [4.78, 5) is 27.0. The number of ether oxygens (including phenoxy) is 4. The number of hydrogen-bond acceptors (Lipinski definition) is 9. The number of aromatic hydroxyl groups is 1. The topological polar surface area (TPSA) is 113 Å². The summed E-state index contributed by atoms with van der Waals surface area (Å²) in [5.74, 6) is 1.08. The van der Waals surface area contributed by atoms with Crippen molar-refractivity contribution in [3.63, 3.8) is 0 Å². The van der Waals surface area contributed by atoms with E-state index in [1.54, 1.807) is 13.0 Å². The maximum Gasteiger partial charge on any atom is 0.347 e. The van der Waals surface area contributed by atoms with Crippen LogP contribution in [0.15, 0.2) is 48.5 Å². The molecule has 9 heteroatoms. The highest BCUT2D eigenvalue weighted by Gasteiger charge is 2.21. The molecular weight excluding hydrogens is 558 g/mol. The molecule has 0 aliphatic heterocycles. The Hall–Kier alpha value is -4.34. The molecule has 232 valence electrons. The van der Waals surface area contributed by atoms with Crippen molar-refractivity contribution in [2.45, 2.75) is 54.6 Å². The number of benzene rings is 3. The number of aromatic nitrogens is 3. The number of nitrogens with zero attached hydrogens (tertiary/aromatic N) is 3. The van der Waals surface area contributed by atoms with E-state index < -0.39 is 12.1 Å². The SMILES string of the molecule is CCOCCOCCOC(=O)C(C)Oc1cc(O)c(-c2nc(-c3ccc(C)cc3C)nc(-c3ccc(C)cc3C)n2)cc1C. The van der Waals surface area contributed by atoms with Gasteiger partial charge in [0.25, 0.3) is 0 Å². The first-order valence-electron chi connectivity index (χ1n) is 14.8. The Balaban J connectivity index is 1.61. The Bertz CT molecular complexity index is 1550. The summed E-state index contributed by atoms with van der Waals surface area (Å²) in [7, 11) is 0. The van der Waals surface area contributed by atoms with E-state index in [9.17, 15) is 9.90 Å². The Labute approximate surface area is 259 Å². The van der Waals surface area contributed by atoms with Gasteiger partial charge in [-0.2, -0.15) is 0 Å². The second-order valence-electron chi connectivity index (χ2n) is 10.8. The summed E-state index contributed by atoms with van der Waals surface area (Å²) in [6.45, 7) is 15.4. The summed E-state index contributed by atoms with van der Waals surface area (Å²) in [5.41, 5.74) is 7.24. The fraction of sp³-hybridized carbons (Fsp3) is 0.371. The molecule has 1 aromatic heterocycles. The van der Waals surface area contributed by atoms with Crippen molar-refractivity contribution in [3.8, 4) is 45.7 Å². The summed E-state index contributed by atoms with van der Waals surface area (Å²) in [6.07, 6.45) is -0.896. The maximum atomic E-state index is 12.5. The molecule has 0 aliphatic rings. The van der Waals surface area contributed by atoms with Crippen LogP contribution in [0.1, 0.15) is 41.7 Å². The Kier molecular flexibility index (Phi) is 11.0. The van der Waals surface area contributed by atoms with E-state index in [1.807, 2.05) is 65.8 Å². The van der Waals surface area contributed by atoms with E-state index in [0.29, 0.717) is 54.2 Å². The lowest BCUT2D eigenvalue weighted by Crippen LogP contribution is -2.27. The molecule has 1 unspecified atom stereocenters. The van der Waals surface area contributed by atoms with Crippen molar-refractivity contribution in [3.05, 3.63) is 76.3 Å². The molecule has 4 rings (SSSR count). The average molecular weight is 600 g/mol. The lowest BCUT2D eigenvalue weighted by atomic mass is 10.0. The maximum absolute atomic E-state index is 12.5.